The molecule has 26 heavy (non-hydrogen) atoms. The van der Waals surface area contributed by atoms with E-state index in [0.717, 1.165) is 50.3 Å². The highest BCUT2D eigenvalue weighted by molar-refractivity contribution is 5.19. The molecular formula is C20H32F3N3. The van der Waals surface area contributed by atoms with Crippen molar-refractivity contribution >= 4 is 0 Å². The maximum atomic E-state index is 12.8. The highest BCUT2D eigenvalue weighted by atomic mass is 19.4. The molecule has 1 aromatic rings. The van der Waals surface area contributed by atoms with Crippen LogP contribution in [0.1, 0.15) is 71.2 Å². The molecule has 3 atom stereocenters. The molecule has 1 fully saturated rings. The van der Waals surface area contributed by atoms with E-state index in [4.69, 9.17) is 0 Å². The van der Waals surface area contributed by atoms with Crippen LogP contribution in [0.5, 0.6) is 0 Å². The Kier molecular flexibility index (Phi) is 7.08. The second kappa shape index (κ2) is 8.70. The second-order valence-corrected chi connectivity index (χ2v) is 7.51. The highest BCUT2D eigenvalue weighted by Crippen LogP contribution is 2.33. The SMILES string of the molecule is CC[C@H]1CN([C@H](CC)c2ccc(C(F)(F)F)cn2)[C@H](CC)CN1C(C)C. The van der Waals surface area contributed by atoms with Crippen LogP contribution in [0.25, 0.3) is 0 Å². The van der Waals surface area contributed by atoms with Crippen molar-refractivity contribution in [1.29, 1.82) is 0 Å². The van der Waals surface area contributed by atoms with Crippen LogP contribution < -0.4 is 0 Å². The van der Waals surface area contributed by atoms with E-state index >= 15 is 0 Å². The molecule has 0 N–H and O–H groups in total. The first-order chi connectivity index (χ1) is 12.2. The van der Waals surface area contributed by atoms with E-state index in [0.29, 0.717) is 18.1 Å². The Morgan fingerprint density at radius 3 is 2.04 bits per heavy atom. The molecule has 1 saturated heterocycles. The molecule has 0 aromatic carbocycles. The molecule has 6 heteroatoms. The summed E-state index contributed by atoms with van der Waals surface area (Å²) in [6, 6.07) is 4.15. The van der Waals surface area contributed by atoms with E-state index in [-0.39, 0.29) is 6.04 Å². The van der Waals surface area contributed by atoms with E-state index in [1.165, 1.54) is 0 Å². The molecule has 0 saturated carbocycles. The first-order valence-electron chi connectivity index (χ1n) is 9.77. The Bertz CT molecular complexity index is 556. The molecule has 148 valence electrons. The van der Waals surface area contributed by atoms with Gasteiger partial charge in [-0.3, -0.25) is 14.8 Å². The summed E-state index contributed by atoms with van der Waals surface area (Å²) in [4.78, 5) is 9.23. The van der Waals surface area contributed by atoms with Crippen LogP contribution in [-0.4, -0.2) is 46.0 Å². The van der Waals surface area contributed by atoms with Crippen LogP contribution in [0, 0.1) is 0 Å². The summed E-state index contributed by atoms with van der Waals surface area (Å²) in [6.45, 7) is 12.9. The third-order valence-corrected chi connectivity index (χ3v) is 5.63. The highest BCUT2D eigenvalue weighted by Gasteiger charge is 2.37. The zero-order valence-electron chi connectivity index (χ0n) is 16.6. The molecule has 3 nitrogen and oxygen atoms in total. The van der Waals surface area contributed by atoms with Crippen molar-refractivity contribution in [3.05, 3.63) is 29.6 Å². The molecule has 2 rings (SSSR count). The summed E-state index contributed by atoms with van der Waals surface area (Å²) in [5.74, 6) is 0. The molecule has 0 bridgehead atoms. The van der Waals surface area contributed by atoms with E-state index in [9.17, 15) is 13.2 Å². The normalized spacial score (nSPS) is 24.2. The van der Waals surface area contributed by atoms with Crippen molar-refractivity contribution in [2.75, 3.05) is 13.1 Å². The fraction of sp³-hybridized carbons (Fsp3) is 0.750. The van der Waals surface area contributed by atoms with E-state index in [2.05, 4.69) is 49.4 Å². The lowest BCUT2D eigenvalue weighted by Gasteiger charge is -2.50. The summed E-state index contributed by atoms with van der Waals surface area (Å²) in [6.07, 6.45) is -0.429. The third kappa shape index (κ3) is 4.58. The maximum absolute atomic E-state index is 12.8. The molecular weight excluding hydrogens is 339 g/mol. The Hall–Kier alpha value is -1.14. The van der Waals surface area contributed by atoms with Gasteiger partial charge >= 0.3 is 6.18 Å². The third-order valence-electron chi connectivity index (χ3n) is 5.63. The van der Waals surface area contributed by atoms with Crippen LogP contribution >= 0.6 is 0 Å². The van der Waals surface area contributed by atoms with Crippen LogP contribution in [0.15, 0.2) is 18.3 Å². The molecule has 0 unspecified atom stereocenters. The minimum absolute atomic E-state index is 0.0607. The summed E-state index contributed by atoms with van der Waals surface area (Å²) in [7, 11) is 0. The van der Waals surface area contributed by atoms with Gasteiger partial charge in [0.15, 0.2) is 0 Å². The van der Waals surface area contributed by atoms with E-state index in [1.54, 1.807) is 6.07 Å². The molecule has 0 amide bonds. The molecule has 1 aromatic heterocycles. The Morgan fingerprint density at radius 1 is 1.04 bits per heavy atom. The lowest BCUT2D eigenvalue weighted by Crippen LogP contribution is -2.60. The fourth-order valence-electron chi connectivity index (χ4n) is 4.12. The quantitative estimate of drug-likeness (QED) is 0.691. The minimum Gasteiger partial charge on any atom is -0.295 e. The zero-order valence-corrected chi connectivity index (χ0v) is 16.6. The van der Waals surface area contributed by atoms with Gasteiger partial charge in [-0.15, -0.1) is 0 Å². The smallest absolute Gasteiger partial charge is 0.295 e. The Morgan fingerprint density at radius 2 is 1.62 bits per heavy atom. The lowest BCUT2D eigenvalue weighted by atomic mass is 9.96. The largest absolute Gasteiger partial charge is 0.417 e. The number of hydrogen-bond acceptors (Lipinski definition) is 3. The van der Waals surface area contributed by atoms with Gasteiger partial charge < -0.3 is 0 Å². The number of pyridine rings is 1. The average Bonchev–Trinajstić information content (AvgIpc) is 2.61. The van der Waals surface area contributed by atoms with Crippen molar-refractivity contribution in [2.45, 2.75) is 84.2 Å². The number of alkyl halides is 3. The van der Waals surface area contributed by atoms with Crippen LogP contribution in [0.2, 0.25) is 0 Å². The second-order valence-electron chi connectivity index (χ2n) is 7.51. The van der Waals surface area contributed by atoms with Gasteiger partial charge in [0.2, 0.25) is 0 Å². The predicted molar refractivity (Wildman–Crippen MR) is 99.0 cm³/mol. The van der Waals surface area contributed by atoms with Gasteiger partial charge in [0.25, 0.3) is 0 Å². The number of nitrogens with zero attached hydrogens (tertiary/aromatic N) is 3. The summed E-state index contributed by atoms with van der Waals surface area (Å²) in [5, 5.41) is 0. The van der Waals surface area contributed by atoms with Crippen LogP contribution in [-0.2, 0) is 6.18 Å². The Labute approximate surface area is 155 Å². The summed E-state index contributed by atoms with van der Waals surface area (Å²) >= 11 is 0. The first kappa shape index (κ1) is 21.2. The van der Waals surface area contributed by atoms with E-state index < -0.39 is 11.7 Å². The van der Waals surface area contributed by atoms with Crippen molar-refractivity contribution in [2.24, 2.45) is 0 Å². The lowest BCUT2D eigenvalue weighted by molar-refractivity contribution is -0.137. The van der Waals surface area contributed by atoms with Crippen molar-refractivity contribution < 1.29 is 13.2 Å². The number of aromatic nitrogens is 1. The van der Waals surface area contributed by atoms with Gasteiger partial charge in [-0.1, -0.05) is 20.8 Å². The van der Waals surface area contributed by atoms with Gasteiger partial charge in [-0.25, -0.2) is 0 Å². The molecule has 0 aliphatic carbocycles. The minimum atomic E-state index is -4.34. The number of rotatable bonds is 6. The average molecular weight is 371 g/mol. The fourth-order valence-corrected chi connectivity index (χ4v) is 4.12. The van der Waals surface area contributed by atoms with Gasteiger partial charge in [0, 0.05) is 37.4 Å². The predicted octanol–water partition coefficient (Wildman–Crippen LogP) is 5.13. The number of halogens is 3. The van der Waals surface area contributed by atoms with Gasteiger partial charge in [0.05, 0.1) is 17.3 Å². The molecule has 1 aliphatic heterocycles. The Balaban J connectivity index is 2.27. The topological polar surface area (TPSA) is 19.4 Å². The summed E-state index contributed by atoms with van der Waals surface area (Å²) in [5.41, 5.74) is 0.0611. The van der Waals surface area contributed by atoms with Gasteiger partial charge in [-0.05, 0) is 45.2 Å². The van der Waals surface area contributed by atoms with Gasteiger partial charge in [-0.2, -0.15) is 13.2 Å². The maximum Gasteiger partial charge on any atom is 0.417 e. The van der Waals surface area contributed by atoms with Gasteiger partial charge in [0.1, 0.15) is 0 Å². The van der Waals surface area contributed by atoms with Crippen molar-refractivity contribution in [1.82, 2.24) is 14.8 Å². The molecule has 0 spiro atoms. The van der Waals surface area contributed by atoms with E-state index in [1.807, 2.05) is 0 Å². The van der Waals surface area contributed by atoms with Crippen LogP contribution in [0.4, 0.5) is 13.2 Å². The molecule has 0 radical (unpaired) electrons. The summed E-state index contributed by atoms with van der Waals surface area (Å²) < 4.78 is 38.5. The monoisotopic (exact) mass is 371 g/mol. The number of piperazine rings is 1. The number of hydrogen-bond donors (Lipinski definition) is 0. The first-order valence-corrected chi connectivity index (χ1v) is 9.77. The molecule has 2 heterocycles. The van der Waals surface area contributed by atoms with Crippen molar-refractivity contribution in [3.63, 3.8) is 0 Å². The van der Waals surface area contributed by atoms with Crippen molar-refractivity contribution in [3.8, 4) is 0 Å². The zero-order chi connectivity index (χ0) is 19.5. The molecule has 1 aliphatic rings. The van der Waals surface area contributed by atoms with Crippen LogP contribution in [0.3, 0.4) is 0 Å². The standard InChI is InChI=1S/C20H32F3N3/c1-6-16-13-26(17(7-2)12-25(16)14(4)5)19(8-3)18-10-9-15(11-24-18)20(21,22)23/h9-11,14,16-17,19H,6-8,12-13H2,1-5H3/t16-,17+,19+/m0/s1.